The quantitative estimate of drug-likeness (QED) is 0.568. The predicted octanol–water partition coefficient (Wildman–Crippen LogP) is 3.48. The van der Waals surface area contributed by atoms with Crippen LogP contribution < -0.4 is 11.1 Å². The SMILES string of the molecule is COC(=O)c1cc(Cl)cc(Cl)c1NC(=O)CN(CCC1CCCCC1)CC(N)=O. The minimum absolute atomic E-state index is 0.0155. The first kappa shape index (κ1) is 23.4. The highest BCUT2D eigenvalue weighted by molar-refractivity contribution is 6.37. The third-order valence-electron chi connectivity index (χ3n) is 5.05. The van der Waals surface area contributed by atoms with E-state index in [1.807, 2.05) is 0 Å². The first-order valence-electron chi connectivity index (χ1n) is 9.68. The second-order valence-electron chi connectivity index (χ2n) is 7.32. The number of primary amides is 1. The van der Waals surface area contributed by atoms with E-state index in [4.69, 9.17) is 33.7 Å². The normalized spacial score (nSPS) is 14.6. The van der Waals surface area contributed by atoms with E-state index in [1.54, 1.807) is 4.90 Å². The summed E-state index contributed by atoms with van der Waals surface area (Å²) in [6.45, 7) is 0.535. The van der Waals surface area contributed by atoms with Crippen molar-refractivity contribution in [1.29, 1.82) is 0 Å². The zero-order chi connectivity index (χ0) is 21.4. The Hall–Kier alpha value is -1.83. The molecule has 29 heavy (non-hydrogen) atoms. The number of carbonyl (C=O) groups excluding carboxylic acids is 3. The lowest BCUT2D eigenvalue weighted by molar-refractivity contribution is -0.121. The monoisotopic (exact) mass is 443 g/mol. The molecule has 1 fully saturated rings. The fourth-order valence-electron chi connectivity index (χ4n) is 3.63. The average Bonchev–Trinajstić information content (AvgIpc) is 2.67. The summed E-state index contributed by atoms with van der Waals surface area (Å²) < 4.78 is 4.73. The molecule has 1 aromatic carbocycles. The molecule has 0 bridgehead atoms. The molecule has 1 aliphatic rings. The summed E-state index contributed by atoms with van der Waals surface area (Å²) in [7, 11) is 1.22. The van der Waals surface area contributed by atoms with E-state index in [9.17, 15) is 14.4 Å². The van der Waals surface area contributed by atoms with Gasteiger partial charge in [0.25, 0.3) is 0 Å². The highest BCUT2D eigenvalue weighted by Gasteiger charge is 2.21. The summed E-state index contributed by atoms with van der Waals surface area (Å²) in [6.07, 6.45) is 7.00. The van der Waals surface area contributed by atoms with Crippen LogP contribution in [0.15, 0.2) is 12.1 Å². The summed E-state index contributed by atoms with van der Waals surface area (Å²) in [5.41, 5.74) is 5.53. The second kappa shape index (κ2) is 11.4. The maximum absolute atomic E-state index is 12.6. The highest BCUT2D eigenvalue weighted by Crippen LogP contribution is 2.31. The molecule has 7 nitrogen and oxygen atoms in total. The number of hydrogen-bond donors (Lipinski definition) is 2. The van der Waals surface area contributed by atoms with Crippen LogP contribution in [-0.4, -0.2) is 49.4 Å². The number of esters is 1. The third kappa shape index (κ3) is 7.49. The molecule has 0 atom stereocenters. The molecule has 0 aliphatic heterocycles. The van der Waals surface area contributed by atoms with Crippen molar-refractivity contribution < 1.29 is 19.1 Å². The van der Waals surface area contributed by atoms with Gasteiger partial charge in [-0.25, -0.2) is 4.79 Å². The molecule has 2 amide bonds. The van der Waals surface area contributed by atoms with Crippen molar-refractivity contribution in [2.75, 3.05) is 32.1 Å². The van der Waals surface area contributed by atoms with E-state index in [0.717, 1.165) is 6.42 Å². The van der Waals surface area contributed by atoms with Crippen LogP contribution in [0.25, 0.3) is 0 Å². The Morgan fingerprint density at radius 3 is 2.48 bits per heavy atom. The number of methoxy groups -OCH3 is 1. The van der Waals surface area contributed by atoms with Gasteiger partial charge in [-0.3, -0.25) is 14.5 Å². The Bertz CT molecular complexity index is 751. The Balaban J connectivity index is 2.05. The van der Waals surface area contributed by atoms with Crippen LogP contribution in [0.3, 0.4) is 0 Å². The molecule has 0 unspecified atom stereocenters. The van der Waals surface area contributed by atoms with Gasteiger partial charge >= 0.3 is 5.97 Å². The number of nitrogens with one attached hydrogen (secondary N) is 1. The van der Waals surface area contributed by atoms with Gasteiger partial charge in [0.15, 0.2) is 0 Å². The minimum atomic E-state index is -0.670. The lowest BCUT2D eigenvalue weighted by atomic mass is 9.87. The number of hydrogen-bond acceptors (Lipinski definition) is 5. The van der Waals surface area contributed by atoms with Gasteiger partial charge in [0.1, 0.15) is 0 Å². The van der Waals surface area contributed by atoms with Gasteiger partial charge in [-0.05, 0) is 31.0 Å². The molecule has 1 aliphatic carbocycles. The summed E-state index contributed by atoms with van der Waals surface area (Å²) in [4.78, 5) is 37.8. The fourth-order valence-corrected chi connectivity index (χ4v) is 4.17. The molecule has 160 valence electrons. The number of ether oxygens (including phenoxy) is 1. The number of benzene rings is 1. The van der Waals surface area contributed by atoms with Crippen LogP contribution in [-0.2, 0) is 14.3 Å². The number of nitrogens with two attached hydrogens (primary N) is 1. The first-order valence-corrected chi connectivity index (χ1v) is 10.4. The molecule has 0 spiro atoms. The predicted molar refractivity (Wildman–Crippen MR) is 113 cm³/mol. The topological polar surface area (TPSA) is 102 Å². The molecule has 2 rings (SSSR count). The summed E-state index contributed by atoms with van der Waals surface area (Å²) in [6, 6.07) is 2.80. The number of nitrogens with zero attached hydrogens (tertiary/aromatic N) is 1. The second-order valence-corrected chi connectivity index (χ2v) is 8.16. The third-order valence-corrected chi connectivity index (χ3v) is 5.57. The van der Waals surface area contributed by atoms with Gasteiger partial charge in [-0.15, -0.1) is 0 Å². The van der Waals surface area contributed by atoms with Crippen LogP contribution in [0.5, 0.6) is 0 Å². The summed E-state index contributed by atoms with van der Waals surface area (Å²) in [5.74, 6) is -0.972. The van der Waals surface area contributed by atoms with Crippen molar-refractivity contribution in [3.63, 3.8) is 0 Å². The standard InChI is InChI=1S/C20H27Cl2N3O4/c1-29-20(28)15-9-14(21)10-16(22)19(15)24-18(27)12-25(11-17(23)26)8-7-13-5-3-2-4-6-13/h9-10,13H,2-8,11-12H2,1H3,(H2,23,26)(H,24,27). The van der Waals surface area contributed by atoms with E-state index in [2.05, 4.69) is 5.32 Å². The maximum Gasteiger partial charge on any atom is 0.340 e. The van der Waals surface area contributed by atoms with Crippen LogP contribution in [0.1, 0.15) is 48.9 Å². The van der Waals surface area contributed by atoms with E-state index < -0.39 is 17.8 Å². The zero-order valence-corrected chi connectivity index (χ0v) is 18.0. The molecular weight excluding hydrogens is 417 g/mol. The van der Waals surface area contributed by atoms with Gasteiger partial charge in [-0.1, -0.05) is 55.3 Å². The van der Waals surface area contributed by atoms with Crippen molar-refractivity contribution in [3.8, 4) is 0 Å². The van der Waals surface area contributed by atoms with Crippen molar-refractivity contribution in [1.82, 2.24) is 4.90 Å². The van der Waals surface area contributed by atoms with Crippen molar-refractivity contribution in [2.24, 2.45) is 11.7 Å². The van der Waals surface area contributed by atoms with Crippen molar-refractivity contribution in [3.05, 3.63) is 27.7 Å². The number of amides is 2. The minimum Gasteiger partial charge on any atom is -0.465 e. The lowest BCUT2D eigenvalue weighted by Gasteiger charge is -2.26. The molecule has 0 heterocycles. The Kier molecular flexibility index (Phi) is 9.20. The van der Waals surface area contributed by atoms with E-state index >= 15 is 0 Å². The van der Waals surface area contributed by atoms with Gasteiger partial charge < -0.3 is 15.8 Å². The molecule has 9 heteroatoms. The van der Waals surface area contributed by atoms with Gasteiger partial charge in [-0.2, -0.15) is 0 Å². The number of halogens is 2. The van der Waals surface area contributed by atoms with E-state index in [0.29, 0.717) is 12.5 Å². The smallest absolute Gasteiger partial charge is 0.340 e. The van der Waals surface area contributed by atoms with Crippen LogP contribution in [0.4, 0.5) is 5.69 Å². The molecular formula is C20H27Cl2N3O4. The molecule has 0 radical (unpaired) electrons. The molecule has 1 saturated carbocycles. The largest absolute Gasteiger partial charge is 0.465 e. The number of anilines is 1. The van der Waals surface area contributed by atoms with Gasteiger partial charge in [0.2, 0.25) is 11.8 Å². The van der Waals surface area contributed by atoms with E-state index in [1.165, 1.54) is 51.3 Å². The van der Waals surface area contributed by atoms with Crippen molar-refractivity contribution >= 4 is 46.7 Å². The van der Waals surface area contributed by atoms with Crippen LogP contribution in [0, 0.1) is 5.92 Å². The summed E-state index contributed by atoms with van der Waals surface area (Å²) >= 11 is 12.1. The van der Waals surface area contributed by atoms with Gasteiger partial charge in [0.05, 0.1) is 36.5 Å². The highest BCUT2D eigenvalue weighted by atomic mass is 35.5. The van der Waals surface area contributed by atoms with Crippen LogP contribution >= 0.6 is 23.2 Å². The van der Waals surface area contributed by atoms with Crippen molar-refractivity contribution in [2.45, 2.75) is 38.5 Å². The van der Waals surface area contributed by atoms with E-state index in [-0.39, 0.29) is 34.4 Å². The Morgan fingerprint density at radius 1 is 1.17 bits per heavy atom. The number of rotatable bonds is 9. The Morgan fingerprint density at radius 2 is 1.86 bits per heavy atom. The molecule has 3 N–H and O–H groups in total. The van der Waals surface area contributed by atoms with Gasteiger partial charge in [0, 0.05) is 5.02 Å². The molecule has 0 saturated heterocycles. The Labute approximate surface area is 180 Å². The first-order chi connectivity index (χ1) is 13.8. The number of carbonyl (C=O) groups is 3. The van der Waals surface area contributed by atoms with Crippen LogP contribution in [0.2, 0.25) is 10.0 Å². The lowest BCUT2D eigenvalue weighted by Crippen LogP contribution is -2.40. The fraction of sp³-hybridized carbons (Fsp3) is 0.550. The summed E-state index contributed by atoms with van der Waals surface area (Å²) in [5, 5.41) is 3.01. The average molecular weight is 444 g/mol. The zero-order valence-electron chi connectivity index (χ0n) is 16.5. The molecule has 0 aromatic heterocycles. The molecule has 1 aromatic rings. The maximum atomic E-state index is 12.6.